The zero-order valence-electron chi connectivity index (χ0n) is 22.6. The molecule has 2 aliphatic carbocycles. The zero-order valence-corrected chi connectivity index (χ0v) is 22.6. The van der Waals surface area contributed by atoms with E-state index < -0.39 is 45.2 Å². The van der Waals surface area contributed by atoms with Crippen molar-refractivity contribution in [1.82, 2.24) is 0 Å². The lowest BCUT2D eigenvalue weighted by molar-refractivity contribution is 0.463. The van der Waals surface area contributed by atoms with Gasteiger partial charge in [-0.1, -0.05) is 100 Å². The van der Waals surface area contributed by atoms with Gasteiger partial charge in [0, 0.05) is 10.8 Å². The van der Waals surface area contributed by atoms with Crippen LogP contribution in [0.4, 0.5) is 17.6 Å². The molecule has 0 spiro atoms. The molecular formula is C36H26F4. The van der Waals surface area contributed by atoms with Gasteiger partial charge in [0.2, 0.25) is 0 Å². The SMILES string of the molecule is CC1(C)c2ccccc2-c2ccc(-c3c(F)c(F)c(-c4ccc5c(c4)C(C)(C)c4ccccc4-5)c(F)c3F)cc21. The van der Waals surface area contributed by atoms with Gasteiger partial charge in [-0.3, -0.25) is 0 Å². The van der Waals surface area contributed by atoms with Crippen molar-refractivity contribution in [3.05, 3.63) is 130 Å². The van der Waals surface area contributed by atoms with Crippen molar-refractivity contribution in [1.29, 1.82) is 0 Å². The van der Waals surface area contributed by atoms with Crippen LogP contribution in [0.1, 0.15) is 49.9 Å². The van der Waals surface area contributed by atoms with Crippen LogP contribution in [-0.2, 0) is 10.8 Å². The number of hydrogen-bond acceptors (Lipinski definition) is 0. The van der Waals surface area contributed by atoms with Crippen molar-refractivity contribution >= 4 is 0 Å². The second-order valence-corrected chi connectivity index (χ2v) is 11.9. The highest BCUT2D eigenvalue weighted by Gasteiger charge is 2.38. The summed E-state index contributed by atoms with van der Waals surface area (Å²) < 4.78 is 63.0. The van der Waals surface area contributed by atoms with E-state index in [-0.39, 0.29) is 11.1 Å². The maximum Gasteiger partial charge on any atom is 0.170 e. The number of fused-ring (bicyclic) bond motifs is 6. The molecule has 5 aromatic rings. The molecule has 198 valence electrons. The van der Waals surface area contributed by atoms with Crippen LogP contribution in [0.15, 0.2) is 84.9 Å². The first kappa shape index (κ1) is 24.8. The fourth-order valence-electron chi connectivity index (χ4n) is 6.86. The van der Waals surface area contributed by atoms with Gasteiger partial charge >= 0.3 is 0 Å². The Morgan fingerprint density at radius 2 is 0.725 bits per heavy atom. The summed E-state index contributed by atoms with van der Waals surface area (Å²) in [6.07, 6.45) is 0. The number of halogens is 4. The molecule has 0 unspecified atom stereocenters. The van der Waals surface area contributed by atoms with Gasteiger partial charge in [-0.05, 0) is 67.8 Å². The van der Waals surface area contributed by atoms with Crippen LogP contribution in [0.2, 0.25) is 0 Å². The van der Waals surface area contributed by atoms with E-state index in [9.17, 15) is 0 Å². The average Bonchev–Trinajstić information content (AvgIpc) is 3.32. The van der Waals surface area contributed by atoms with Crippen molar-refractivity contribution in [2.75, 3.05) is 0 Å². The minimum absolute atomic E-state index is 0.101. The highest BCUT2D eigenvalue weighted by molar-refractivity contribution is 5.86. The number of benzene rings is 5. The third-order valence-corrected chi connectivity index (χ3v) is 9.01. The van der Waals surface area contributed by atoms with Gasteiger partial charge in [-0.25, -0.2) is 17.6 Å². The molecule has 5 aromatic carbocycles. The summed E-state index contributed by atoms with van der Waals surface area (Å²) in [6, 6.07) is 25.8. The summed E-state index contributed by atoms with van der Waals surface area (Å²) >= 11 is 0. The van der Waals surface area contributed by atoms with E-state index in [0.29, 0.717) is 0 Å². The summed E-state index contributed by atoms with van der Waals surface area (Å²) in [5, 5.41) is 0. The predicted octanol–water partition coefficient (Wildman–Crippen LogP) is 10.2. The maximum atomic E-state index is 15.7. The molecule has 0 atom stereocenters. The maximum absolute atomic E-state index is 15.7. The molecule has 0 N–H and O–H groups in total. The molecule has 0 nitrogen and oxygen atoms in total. The van der Waals surface area contributed by atoms with Gasteiger partial charge in [-0.15, -0.1) is 0 Å². The predicted molar refractivity (Wildman–Crippen MR) is 152 cm³/mol. The number of rotatable bonds is 2. The highest BCUT2D eigenvalue weighted by atomic mass is 19.2. The smallest absolute Gasteiger partial charge is 0.170 e. The lowest BCUT2D eigenvalue weighted by Crippen LogP contribution is -2.15. The Morgan fingerprint density at radius 1 is 0.400 bits per heavy atom. The van der Waals surface area contributed by atoms with Crippen LogP contribution in [-0.4, -0.2) is 0 Å². The molecule has 0 saturated heterocycles. The molecule has 4 heteroatoms. The normalized spacial score (nSPS) is 15.4. The molecule has 0 fully saturated rings. The van der Waals surface area contributed by atoms with Crippen molar-refractivity contribution in [2.45, 2.75) is 38.5 Å². The lowest BCUT2D eigenvalue weighted by atomic mass is 9.81. The van der Waals surface area contributed by atoms with Crippen LogP contribution >= 0.6 is 0 Å². The van der Waals surface area contributed by atoms with Crippen molar-refractivity contribution in [3.8, 4) is 44.5 Å². The van der Waals surface area contributed by atoms with E-state index in [1.54, 1.807) is 24.3 Å². The minimum Gasteiger partial charge on any atom is -0.203 e. The quantitative estimate of drug-likeness (QED) is 0.156. The van der Waals surface area contributed by atoms with Crippen LogP contribution in [0.25, 0.3) is 44.5 Å². The van der Waals surface area contributed by atoms with Crippen molar-refractivity contribution in [2.24, 2.45) is 0 Å². The molecule has 0 aliphatic heterocycles. The monoisotopic (exact) mass is 534 g/mol. The van der Waals surface area contributed by atoms with Gasteiger partial charge in [-0.2, -0.15) is 0 Å². The fourth-order valence-corrected chi connectivity index (χ4v) is 6.86. The Morgan fingerprint density at radius 3 is 1.10 bits per heavy atom. The Balaban J connectivity index is 1.38. The van der Waals surface area contributed by atoms with Gasteiger partial charge in [0.15, 0.2) is 23.3 Å². The fraction of sp³-hybridized carbons (Fsp3) is 0.167. The van der Waals surface area contributed by atoms with E-state index in [1.807, 2.05) is 76.2 Å². The van der Waals surface area contributed by atoms with Crippen molar-refractivity contribution < 1.29 is 17.6 Å². The minimum atomic E-state index is -1.40. The largest absolute Gasteiger partial charge is 0.203 e. The van der Waals surface area contributed by atoms with E-state index in [0.717, 1.165) is 44.5 Å². The first-order valence-corrected chi connectivity index (χ1v) is 13.4. The molecule has 40 heavy (non-hydrogen) atoms. The van der Waals surface area contributed by atoms with Crippen LogP contribution in [0.3, 0.4) is 0 Å². The Hall–Kier alpha value is -4.18. The lowest BCUT2D eigenvalue weighted by Gasteiger charge is -2.23. The average molecular weight is 535 g/mol. The standard InChI is InChI=1S/C36H26F4/c1-35(2)25-11-7-5-9-21(25)23-15-13-19(17-27(23)35)29-31(37)33(39)30(34(40)32(29)38)20-14-16-24-22-10-6-8-12-26(22)36(3,4)28(24)18-20/h5-18H,1-4H3. The summed E-state index contributed by atoms with van der Waals surface area (Å²) in [5.41, 5.74) is 5.85. The summed E-state index contributed by atoms with van der Waals surface area (Å²) in [7, 11) is 0. The first-order chi connectivity index (χ1) is 19.0. The summed E-state index contributed by atoms with van der Waals surface area (Å²) in [6.45, 7) is 8.14. The Bertz CT molecular complexity index is 1730. The third-order valence-electron chi connectivity index (χ3n) is 9.01. The highest BCUT2D eigenvalue weighted by Crippen LogP contribution is 2.52. The van der Waals surface area contributed by atoms with E-state index >= 15 is 17.6 Å². The third kappa shape index (κ3) is 3.13. The molecule has 0 bridgehead atoms. The van der Waals surface area contributed by atoms with Crippen LogP contribution < -0.4 is 0 Å². The molecule has 2 aliphatic rings. The van der Waals surface area contributed by atoms with E-state index in [2.05, 4.69) is 0 Å². The molecule has 0 radical (unpaired) electrons. The summed E-state index contributed by atoms with van der Waals surface area (Å²) in [4.78, 5) is 0. The Kier molecular flexibility index (Phi) is 5.07. The molecule has 0 amide bonds. The summed E-state index contributed by atoms with van der Waals surface area (Å²) in [5.74, 6) is -5.59. The Labute approximate surface area is 230 Å². The van der Waals surface area contributed by atoms with Crippen LogP contribution in [0, 0.1) is 23.3 Å². The second kappa shape index (κ2) is 8.17. The zero-order chi connectivity index (χ0) is 28.1. The van der Waals surface area contributed by atoms with E-state index in [4.69, 9.17) is 0 Å². The van der Waals surface area contributed by atoms with Crippen LogP contribution in [0.5, 0.6) is 0 Å². The van der Waals surface area contributed by atoms with Gasteiger partial charge in [0.1, 0.15) is 0 Å². The topological polar surface area (TPSA) is 0 Å². The molecular weight excluding hydrogens is 508 g/mol. The molecule has 7 rings (SSSR count). The second-order valence-electron chi connectivity index (χ2n) is 11.9. The number of hydrogen-bond donors (Lipinski definition) is 0. The molecule has 0 aromatic heterocycles. The van der Waals surface area contributed by atoms with Gasteiger partial charge in [0.05, 0.1) is 11.1 Å². The van der Waals surface area contributed by atoms with Gasteiger partial charge < -0.3 is 0 Å². The molecule has 0 saturated carbocycles. The van der Waals surface area contributed by atoms with Gasteiger partial charge in [0.25, 0.3) is 0 Å². The molecule has 0 heterocycles. The first-order valence-electron chi connectivity index (χ1n) is 13.4. The van der Waals surface area contributed by atoms with E-state index in [1.165, 1.54) is 12.1 Å². The van der Waals surface area contributed by atoms with Crippen molar-refractivity contribution in [3.63, 3.8) is 0 Å².